The minimum atomic E-state index is -1.00. The van der Waals surface area contributed by atoms with Crippen LogP contribution in [0, 0.1) is 0 Å². The molecule has 0 unspecified atom stereocenters. The van der Waals surface area contributed by atoms with Crippen LogP contribution in [0.15, 0.2) is 12.1 Å². The number of halogens is 1. The quantitative estimate of drug-likeness (QED) is 0.880. The minimum Gasteiger partial charge on any atom is -0.480 e. The van der Waals surface area contributed by atoms with E-state index in [4.69, 9.17) is 16.7 Å². The number of rotatable bonds is 5. The molecule has 0 aliphatic heterocycles. The van der Waals surface area contributed by atoms with Crippen LogP contribution in [0.5, 0.6) is 0 Å². The van der Waals surface area contributed by atoms with Crippen molar-refractivity contribution in [2.45, 2.75) is 13.3 Å². The van der Waals surface area contributed by atoms with Crippen LogP contribution < -0.4 is 0 Å². The molecule has 0 saturated heterocycles. The lowest BCUT2D eigenvalue weighted by Gasteiger charge is -2.17. The van der Waals surface area contributed by atoms with Crippen LogP contribution in [-0.2, 0) is 16.0 Å². The summed E-state index contributed by atoms with van der Waals surface area (Å²) in [6.07, 6.45) is 0.207. The van der Waals surface area contributed by atoms with Gasteiger partial charge in [0.05, 0.1) is 10.8 Å². The number of carbonyl (C=O) groups is 2. The normalized spacial score (nSPS) is 10.1. The third kappa shape index (κ3) is 3.83. The molecule has 0 fully saturated rings. The summed E-state index contributed by atoms with van der Waals surface area (Å²) in [6.45, 7) is 1.89. The van der Waals surface area contributed by atoms with E-state index in [9.17, 15) is 9.59 Å². The van der Waals surface area contributed by atoms with Crippen molar-refractivity contribution in [1.29, 1.82) is 0 Å². The number of amides is 1. The second-order valence-corrected chi connectivity index (χ2v) is 4.98. The average molecular weight is 262 g/mol. The molecule has 1 aromatic rings. The minimum absolute atomic E-state index is 0.191. The Morgan fingerprint density at radius 1 is 1.50 bits per heavy atom. The maximum atomic E-state index is 11.7. The van der Waals surface area contributed by atoms with Crippen LogP contribution in [0.2, 0.25) is 4.34 Å². The summed E-state index contributed by atoms with van der Waals surface area (Å²) >= 11 is 7.07. The van der Waals surface area contributed by atoms with E-state index in [0.717, 1.165) is 4.88 Å². The number of hydrogen-bond donors (Lipinski definition) is 1. The fourth-order valence-electron chi connectivity index (χ4n) is 1.25. The van der Waals surface area contributed by atoms with Crippen LogP contribution in [0.25, 0.3) is 0 Å². The Morgan fingerprint density at radius 2 is 2.19 bits per heavy atom. The van der Waals surface area contributed by atoms with Crippen molar-refractivity contribution in [3.8, 4) is 0 Å². The van der Waals surface area contributed by atoms with E-state index in [2.05, 4.69) is 0 Å². The summed E-state index contributed by atoms with van der Waals surface area (Å²) in [5, 5.41) is 8.62. The van der Waals surface area contributed by atoms with Gasteiger partial charge in [-0.25, -0.2) is 0 Å². The van der Waals surface area contributed by atoms with Gasteiger partial charge in [0.25, 0.3) is 0 Å². The molecular formula is C10H12ClNO3S. The van der Waals surface area contributed by atoms with Gasteiger partial charge >= 0.3 is 5.97 Å². The lowest BCUT2D eigenvalue weighted by atomic mass is 10.3. The predicted octanol–water partition coefficient (Wildman–Crippen LogP) is 1.88. The van der Waals surface area contributed by atoms with Gasteiger partial charge in [0.1, 0.15) is 6.54 Å². The number of nitrogens with zero attached hydrogens (tertiary/aromatic N) is 1. The monoisotopic (exact) mass is 261 g/mol. The molecule has 0 radical (unpaired) electrons. The number of carboxylic acids is 1. The van der Waals surface area contributed by atoms with Crippen LogP contribution in [-0.4, -0.2) is 35.0 Å². The first-order valence-corrected chi connectivity index (χ1v) is 5.96. The van der Waals surface area contributed by atoms with Crippen molar-refractivity contribution in [3.63, 3.8) is 0 Å². The van der Waals surface area contributed by atoms with E-state index in [1.165, 1.54) is 16.2 Å². The van der Waals surface area contributed by atoms with Crippen molar-refractivity contribution >= 4 is 34.8 Å². The van der Waals surface area contributed by atoms with Crippen LogP contribution in [0.4, 0.5) is 0 Å². The van der Waals surface area contributed by atoms with E-state index in [0.29, 0.717) is 10.9 Å². The largest absolute Gasteiger partial charge is 0.480 e. The molecule has 0 spiro atoms. The maximum Gasteiger partial charge on any atom is 0.323 e. The molecule has 4 nitrogen and oxygen atoms in total. The van der Waals surface area contributed by atoms with Crippen LogP contribution in [0.3, 0.4) is 0 Å². The molecule has 1 amide bonds. The van der Waals surface area contributed by atoms with Crippen molar-refractivity contribution in [2.24, 2.45) is 0 Å². The molecule has 1 N–H and O–H groups in total. The van der Waals surface area contributed by atoms with Crippen LogP contribution >= 0.6 is 22.9 Å². The van der Waals surface area contributed by atoms with E-state index in [1.807, 2.05) is 0 Å². The molecule has 1 aromatic heterocycles. The van der Waals surface area contributed by atoms with E-state index < -0.39 is 5.97 Å². The number of hydrogen-bond acceptors (Lipinski definition) is 3. The van der Waals surface area contributed by atoms with Gasteiger partial charge in [-0.15, -0.1) is 11.3 Å². The van der Waals surface area contributed by atoms with Crippen molar-refractivity contribution in [2.75, 3.05) is 13.1 Å². The van der Waals surface area contributed by atoms with Gasteiger partial charge in [-0.05, 0) is 19.1 Å². The SMILES string of the molecule is CCN(CC(=O)O)C(=O)Cc1ccc(Cl)s1. The van der Waals surface area contributed by atoms with Crippen molar-refractivity contribution in [3.05, 3.63) is 21.3 Å². The summed E-state index contributed by atoms with van der Waals surface area (Å²) in [7, 11) is 0. The zero-order valence-electron chi connectivity index (χ0n) is 8.77. The Morgan fingerprint density at radius 3 is 2.62 bits per heavy atom. The van der Waals surface area contributed by atoms with Gasteiger partial charge in [0.2, 0.25) is 5.91 Å². The topological polar surface area (TPSA) is 57.6 Å². The van der Waals surface area contributed by atoms with E-state index in [-0.39, 0.29) is 18.9 Å². The van der Waals surface area contributed by atoms with E-state index in [1.54, 1.807) is 19.1 Å². The van der Waals surface area contributed by atoms with E-state index >= 15 is 0 Å². The molecule has 0 aromatic carbocycles. The van der Waals surface area contributed by atoms with Gasteiger partial charge in [-0.2, -0.15) is 0 Å². The molecule has 0 atom stereocenters. The first-order valence-electron chi connectivity index (χ1n) is 4.76. The average Bonchev–Trinajstić information content (AvgIpc) is 2.60. The van der Waals surface area contributed by atoms with Crippen LogP contribution in [0.1, 0.15) is 11.8 Å². The smallest absolute Gasteiger partial charge is 0.323 e. The summed E-state index contributed by atoms with van der Waals surface area (Å²) in [4.78, 5) is 24.4. The lowest BCUT2D eigenvalue weighted by Crippen LogP contribution is -2.36. The molecule has 88 valence electrons. The highest BCUT2D eigenvalue weighted by Crippen LogP contribution is 2.22. The highest BCUT2D eigenvalue weighted by Gasteiger charge is 2.15. The standard InChI is InChI=1S/C10H12ClNO3S/c1-2-12(6-10(14)15)9(13)5-7-3-4-8(11)16-7/h3-4H,2,5-6H2,1H3,(H,14,15). The fraction of sp³-hybridized carbons (Fsp3) is 0.400. The zero-order valence-corrected chi connectivity index (χ0v) is 10.3. The van der Waals surface area contributed by atoms with Crippen molar-refractivity contribution in [1.82, 2.24) is 4.90 Å². The second kappa shape index (κ2) is 5.86. The Kier molecular flexibility index (Phi) is 4.76. The first-order chi connectivity index (χ1) is 7.52. The second-order valence-electron chi connectivity index (χ2n) is 3.18. The Labute approximate surface area is 102 Å². The summed E-state index contributed by atoms with van der Waals surface area (Å²) in [5.74, 6) is -1.19. The Balaban J connectivity index is 2.59. The molecule has 16 heavy (non-hydrogen) atoms. The number of thiophene rings is 1. The Bertz CT molecular complexity index is 391. The highest BCUT2D eigenvalue weighted by molar-refractivity contribution is 7.16. The van der Waals surface area contributed by atoms with Gasteiger partial charge in [0.15, 0.2) is 0 Å². The fourth-order valence-corrected chi connectivity index (χ4v) is 2.33. The van der Waals surface area contributed by atoms with Crippen molar-refractivity contribution < 1.29 is 14.7 Å². The molecule has 1 heterocycles. The first kappa shape index (κ1) is 13.0. The van der Waals surface area contributed by atoms with Gasteiger partial charge in [0, 0.05) is 11.4 Å². The number of carboxylic acid groups (broad SMARTS) is 1. The number of carbonyl (C=O) groups excluding carboxylic acids is 1. The summed E-state index contributed by atoms with van der Waals surface area (Å²) in [5.41, 5.74) is 0. The number of aliphatic carboxylic acids is 1. The van der Waals surface area contributed by atoms with Gasteiger partial charge < -0.3 is 10.0 Å². The molecule has 0 aliphatic carbocycles. The molecule has 0 bridgehead atoms. The molecule has 6 heteroatoms. The molecule has 1 rings (SSSR count). The lowest BCUT2D eigenvalue weighted by molar-refractivity contribution is -0.144. The van der Waals surface area contributed by atoms with Gasteiger partial charge in [-0.1, -0.05) is 11.6 Å². The van der Waals surface area contributed by atoms with Gasteiger partial charge in [-0.3, -0.25) is 9.59 Å². The summed E-state index contributed by atoms with van der Waals surface area (Å²) < 4.78 is 0.629. The Hall–Kier alpha value is -1.07. The maximum absolute atomic E-state index is 11.7. The predicted molar refractivity (Wildman–Crippen MR) is 62.9 cm³/mol. The number of likely N-dealkylation sites (N-methyl/N-ethyl adjacent to an activating group) is 1. The molecule has 0 saturated carbocycles. The molecular weight excluding hydrogens is 250 g/mol. The third-order valence-electron chi connectivity index (χ3n) is 2.01. The zero-order chi connectivity index (χ0) is 12.1. The summed E-state index contributed by atoms with van der Waals surface area (Å²) in [6, 6.07) is 3.50. The highest BCUT2D eigenvalue weighted by atomic mass is 35.5. The third-order valence-corrected chi connectivity index (χ3v) is 3.25. The molecule has 0 aliphatic rings.